The van der Waals surface area contributed by atoms with E-state index in [1.54, 1.807) is 6.07 Å². The molecule has 0 spiro atoms. The van der Waals surface area contributed by atoms with Crippen molar-refractivity contribution in [2.75, 3.05) is 11.9 Å². The van der Waals surface area contributed by atoms with Crippen molar-refractivity contribution >= 4 is 23.4 Å². The molecule has 0 bridgehead atoms. The first-order chi connectivity index (χ1) is 9.76. The minimum Gasteiger partial charge on any atom is -0.444 e. The minimum absolute atomic E-state index is 0.0742. The molecule has 0 heterocycles. The molecule has 0 unspecified atom stereocenters. The van der Waals surface area contributed by atoms with Crippen molar-refractivity contribution < 1.29 is 9.53 Å². The van der Waals surface area contributed by atoms with Gasteiger partial charge in [-0.3, -0.25) is 5.32 Å². The summed E-state index contributed by atoms with van der Waals surface area (Å²) in [4.78, 5) is 12.0. The van der Waals surface area contributed by atoms with Crippen molar-refractivity contribution in [3.8, 4) is 0 Å². The van der Waals surface area contributed by atoms with Gasteiger partial charge in [-0.15, -0.1) is 0 Å². The van der Waals surface area contributed by atoms with E-state index in [2.05, 4.69) is 5.32 Å². The first kappa shape index (κ1) is 16.1. The molecule has 0 saturated heterocycles. The van der Waals surface area contributed by atoms with Gasteiger partial charge >= 0.3 is 6.09 Å². The summed E-state index contributed by atoms with van der Waals surface area (Å²) >= 11 is 6.12. The van der Waals surface area contributed by atoms with Crippen molar-refractivity contribution in [3.63, 3.8) is 0 Å². The molecule has 116 valence electrons. The molecule has 0 radical (unpaired) electrons. The standard InChI is InChI=1S/C16H23ClN2O2/c1-15(2,3)21-14(20)19-13-6-5-11(17)9-12(13)16(10-18)7-4-8-16/h5-6,9H,4,7-8,10,18H2,1-3H3,(H,19,20). The third kappa shape index (κ3) is 3.69. The topological polar surface area (TPSA) is 64.3 Å². The van der Waals surface area contributed by atoms with Gasteiger partial charge < -0.3 is 10.5 Å². The van der Waals surface area contributed by atoms with Crippen LogP contribution in [0.2, 0.25) is 5.02 Å². The minimum atomic E-state index is -0.529. The molecule has 1 fully saturated rings. The number of nitrogens with one attached hydrogen (secondary N) is 1. The molecule has 0 aliphatic heterocycles. The Morgan fingerprint density at radius 2 is 2.10 bits per heavy atom. The van der Waals surface area contributed by atoms with E-state index < -0.39 is 11.7 Å². The molecular formula is C16H23ClN2O2. The van der Waals surface area contributed by atoms with Crippen molar-refractivity contribution in [2.24, 2.45) is 5.73 Å². The molecule has 1 amide bonds. The SMILES string of the molecule is CC(C)(C)OC(=O)Nc1ccc(Cl)cc1C1(CN)CCC1. The van der Waals surface area contributed by atoms with Crippen LogP contribution >= 0.6 is 11.6 Å². The molecule has 1 saturated carbocycles. The zero-order chi connectivity index (χ0) is 15.7. The van der Waals surface area contributed by atoms with E-state index in [-0.39, 0.29) is 5.41 Å². The van der Waals surface area contributed by atoms with Gasteiger partial charge in [0.25, 0.3) is 0 Å². The Balaban J connectivity index is 2.26. The van der Waals surface area contributed by atoms with Crippen LogP contribution in [0.5, 0.6) is 0 Å². The highest BCUT2D eigenvalue weighted by Crippen LogP contribution is 2.46. The number of ether oxygens (including phenoxy) is 1. The van der Waals surface area contributed by atoms with Crippen LogP contribution in [0.25, 0.3) is 0 Å². The lowest BCUT2D eigenvalue weighted by molar-refractivity contribution is 0.0635. The molecule has 21 heavy (non-hydrogen) atoms. The Bertz CT molecular complexity index is 528. The van der Waals surface area contributed by atoms with Crippen LogP contribution in [0.15, 0.2) is 18.2 Å². The van der Waals surface area contributed by atoms with E-state index in [1.165, 1.54) is 0 Å². The van der Waals surface area contributed by atoms with Crippen LogP contribution in [-0.4, -0.2) is 18.2 Å². The van der Waals surface area contributed by atoms with Gasteiger partial charge in [-0.05, 0) is 57.4 Å². The van der Waals surface area contributed by atoms with Crippen molar-refractivity contribution in [1.82, 2.24) is 0 Å². The monoisotopic (exact) mass is 310 g/mol. The molecule has 1 aliphatic carbocycles. The van der Waals surface area contributed by atoms with Gasteiger partial charge in [0.1, 0.15) is 5.60 Å². The molecule has 3 N–H and O–H groups in total. The molecule has 0 atom stereocenters. The molecule has 0 aromatic heterocycles. The van der Waals surface area contributed by atoms with Crippen molar-refractivity contribution in [1.29, 1.82) is 0 Å². The molecule has 4 nitrogen and oxygen atoms in total. The van der Waals surface area contributed by atoms with Gasteiger partial charge in [0, 0.05) is 22.7 Å². The smallest absolute Gasteiger partial charge is 0.412 e. The van der Waals surface area contributed by atoms with Crippen LogP contribution in [0.4, 0.5) is 10.5 Å². The zero-order valence-corrected chi connectivity index (χ0v) is 13.6. The third-order valence-electron chi connectivity index (χ3n) is 3.89. The maximum Gasteiger partial charge on any atom is 0.412 e. The number of amides is 1. The van der Waals surface area contributed by atoms with E-state index in [0.717, 1.165) is 30.5 Å². The van der Waals surface area contributed by atoms with E-state index in [4.69, 9.17) is 22.1 Å². The second-order valence-electron chi connectivity index (χ2n) is 6.65. The predicted octanol–water partition coefficient (Wildman–Crippen LogP) is 4.07. The lowest BCUT2D eigenvalue weighted by Crippen LogP contribution is -2.42. The van der Waals surface area contributed by atoms with Gasteiger partial charge in [0.15, 0.2) is 0 Å². The fourth-order valence-electron chi connectivity index (χ4n) is 2.66. The van der Waals surface area contributed by atoms with Crippen molar-refractivity contribution in [2.45, 2.75) is 51.0 Å². The number of carbonyl (C=O) groups is 1. The fourth-order valence-corrected chi connectivity index (χ4v) is 2.84. The molecule has 1 aromatic rings. The third-order valence-corrected chi connectivity index (χ3v) is 4.13. The largest absolute Gasteiger partial charge is 0.444 e. The number of carbonyl (C=O) groups excluding carboxylic acids is 1. The van der Waals surface area contributed by atoms with Gasteiger partial charge in [0.2, 0.25) is 0 Å². The highest BCUT2D eigenvalue weighted by Gasteiger charge is 2.39. The second kappa shape index (κ2) is 5.85. The summed E-state index contributed by atoms with van der Waals surface area (Å²) in [6, 6.07) is 5.48. The normalized spacial score (nSPS) is 17.0. The summed E-state index contributed by atoms with van der Waals surface area (Å²) in [6.07, 6.45) is 2.73. The van der Waals surface area contributed by atoms with Crippen LogP contribution in [-0.2, 0) is 10.2 Å². The number of rotatable bonds is 3. The average molecular weight is 311 g/mol. The Morgan fingerprint density at radius 1 is 1.43 bits per heavy atom. The molecule has 1 aliphatic rings. The zero-order valence-electron chi connectivity index (χ0n) is 12.8. The second-order valence-corrected chi connectivity index (χ2v) is 7.09. The van der Waals surface area contributed by atoms with Gasteiger partial charge in [0.05, 0.1) is 0 Å². The summed E-state index contributed by atoms with van der Waals surface area (Å²) in [7, 11) is 0. The highest BCUT2D eigenvalue weighted by molar-refractivity contribution is 6.30. The van der Waals surface area contributed by atoms with Crippen LogP contribution in [0.1, 0.15) is 45.6 Å². The lowest BCUT2D eigenvalue weighted by Gasteiger charge is -2.42. The summed E-state index contributed by atoms with van der Waals surface area (Å²) in [5.74, 6) is 0. The van der Waals surface area contributed by atoms with E-state index in [0.29, 0.717) is 11.6 Å². The molecular weight excluding hydrogens is 288 g/mol. The number of hydrogen-bond donors (Lipinski definition) is 2. The Kier molecular flexibility index (Phi) is 4.49. The summed E-state index contributed by atoms with van der Waals surface area (Å²) in [5.41, 5.74) is 7.11. The number of halogens is 1. The Morgan fingerprint density at radius 3 is 2.57 bits per heavy atom. The van der Waals surface area contributed by atoms with Crippen LogP contribution in [0, 0.1) is 0 Å². The summed E-state index contributed by atoms with van der Waals surface area (Å²) < 4.78 is 5.31. The fraction of sp³-hybridized carbons (Fsp3) is 0.562. The summed E-state index contributed by atoms with van der Waals surface area (Å²) in [5, 5.41) is 3.48. The molecule has 5 heteroatoms. The van der Waals surface area contributed by atoms with E-state index in [9.17, 15) is 4.79 Å². The van der Waals surface area contributed by atoms with Gasteiger partial charge in [-0.25, -0.2) is 4.79 Å². The van der Waals surface area contributed by atoms with Crippen LogP contribution in [0.3, 0.4) is 0 Å². The van der Waals surface area contributed by atoms with E-state index >= 15 is 0 Å². The van der Waals surface area contributed by atoms with Crippen molar-refractivity contribution in [3.05, 3.63) is 28.8 Å². The maximum atomic E-state index is 12.0. The number of benzene rings is 1. The maximum absolute atomic E-state index is 12.0. The van der Waals surface area contributed by atoms with Crippen LogP contribution < -0.4 is 11.1 Å². The van der Waals surface area contributed by atoms with Gasteiger partial charge in [-0.2, -0.15) is 0 Å². The average Bonchev–Trinajstić information content (AvgIpc) is 2.29. The lowest BCUT2D eigenvalue weighted by atomic mass is 9.64. The number of hydrogen-bond acceptors (Lipinski definition) is 3. The highest BCUT2D eigenvalue weighted by atomic mass is 35.5. The predicted molar refractivity (Wildman–Crippen MR) is 85.9 cm³/mol. The molecule has 1 aromatic carbocycles. The van der Waals surface area contributed by atoms with Gasteiger partial charge in [-0.1, -0.05) is 18.0 Å². The van der Waals surface area contributed by atoms with E-state index in [1.807, 2.05) is 32.9 Å². The Hall–Kier alpha value is -1.26. The molecule has 2 rings (SSSR count). The number of anilines is 1. The number of nitrogens with two attached hydrogens (primary N) is 1. The quantitative estimate of drug-likeness (QED) is 0.884. The first-order valence-electron chi connectivity index (χ1n) is 7.26. The Labute approximate surface area is 131 Å². The first-order valence-corrected chi connectivity index (χ1v) is 7.64. The summed E-state index contributed by atoms with van der Waals surface area (Å²) in [6.45, 7) is 6.06.